The van der Waals surface area contributed by atoms with Crippen molar-refractivity contribution >= 4 is 27.4 Å². The predicted molar refractivity (Wildman–Crippen MR) is 111 cm³/mol. The van der Waals surface area contributed by atoms with E-state index in [1.54, 1.807) is 24.3 Å². The molecule has 156 valence electrons. The van der Waals surface area contributed by atoms with Crippen LogP contribution in [0.5, 0.6) is 11.5 Å². The molecule has 0 unspecified atom stereocenters. The minimum Gasteiger partial charge on any atom is -0.496 e. The number of carbonyl (C=O) groups excluding carboxylic acids is 1. The number of halogens is 1. The monoisotopic (exact) mass is 437 g/mol. The minimum absolute atomic E-state index is 0.00393. The highest BCUT2D eigenvalue weighted by Gasteiger charge is 2.61. The molecule has 0 saturated heterocycles. The van der Waals surface area contributed by atoms with Gasteiger partial charge in [-0.2, -0.15) is 0 Å². The molecule has 6 nitrogen and oxygen atoms in total. The second kappa shape index (κ2) is 7.63. The van der Waals surface area contributed by atoms with E-state index in [2.05, 4.69) is 0 Å². The van der Waals surface area contributed by atoms with E-state index in [4.69, 9.17) is 26.2 Å². The number of ketones is 1. The SMILES string of the molecule is COc1cc(OC)c(CC(=O)[C@@H]2[C@@H](c3ccc(S(N)(=O)=O)cc3)C2(C)C)cc1Cl. The van der Waals surface area contributed by atoms with E-state index >= 15 is 0 Å². The fourth-order valence-corrected chi connectivity index (χ4v) is 4.86. The molecule has 8 heteroatoms. The molecule has 1 aliphatic rings. The summed E-state index contributed by atoms with van der Waals surface area (Å²) in [5.41, 5.74) is 1.39. The lowest BCUT2D eigenvalue weighted by molar-refractivity contribution is -0.120. The maximum atomic E-state index is 13.1. The molecular formula is C21H24ClNO5S. The van der Waals surface area contributed by atoms with Gasteiger partial charge in [-0.25, -0.2) is 13.6 Å². The number of sulfonamides is 1. The van der Waals surface area contributed by atoms with Crippen LogP contribution in [-0.2, 0) is 21.2 Å². The van der Waals surface area contributed by atoms with E-state index in [1.165, 1.54) is 26.4 Å². The maximum absolute atomic E-state index is 13.1. The summed E-state index contributed by atoms with van der Waals surface area (Å²) < 4.78 is 33.5. The van der Waals surface area contributed by atoms with Gasteiger partial charge < -0.3 is 9.47 Å². The minimum atomic E-state index is -3.75. The van der Waals surface area contributed by atoms with Gasteiger partial charge in [0.1, 0.15) is 17.3 Å². The molecular weight excluding hydrogens is 414 g/mol. The van der Waals surface area contributed by atoms with Gasteiger partial charge in [0.05, 0.1) is 24.1 Å². The summed E-state index contributed by atoms with van der Waals surface area (Å²) in [6.45, 7) is 4.07. The molecule has 0 amide bonds. The first kappa shape index (κ1) is 21.6. The quantitative estimate of drug-likeness (QED) is 0.714. The van der Waals surface area contributed by atoms with Gasteiger partial charge in [-0.3, -0.25) is 4.79 Å². The van der Waals surface area contributed by atoms with Crippen LogP contribution in [0.2, 0.25) is 5.02 Å². The molecule has 0 heterocycles. The van der Waals surface area contributed by atoms with Crippen LogP contribution in [0.1, 0.15) is 30.9 Å². The topological polar surface area (TPSA) is 95.7 Å². The van der Waals surface area contributed by atoms with Gasteiger partial charge in [-0.15, -0.1) is 0 Å². The van der Waals surface area contributed by atoms with Gasteiger partial charge in [0, 0.05) is 24.0 Å². The van der Waals surface area contributed by atoms with E-state index in [0.717, 1.165) is 5.56 Å². The lowest BCUT2D eigenvalue weighted by atomic mass is 10.0. The van der Waals surface area contributed by atoms with Crippen molar-refractivity contribution < 1.29 is 22.7 Å². The summed E-state index contributed by atoms with van der Waals surface area (Å²) in [6, 6.07) is 9.78. The third-order valence-electron chi connectivity index (χ3n) is 5.66. The molecule has 2 N–H and O–H groups in total. The molecule has 2 aromatic carbocycles. The Morgan fingerprint density at radius 1 is 1.10 bits per heavy atom. The fraction of sp³-hybridized carbons (Fsp3) is 0.381. The molecule has 1 aliphatic carbocycles. The summed E-state index contributed by atoms with van der Waals surface area (Å²) >= 11 is 6.22. The average molecular weight is 438 g/mol. The summed E-state index contributed by atoms with van der Waals surface area (Å²) in [7, 11) is -0.692. The molecule has 3 rings (SSSR count). The Bertz CT molecular complexity index is 1050. The Labute approximate surface area is 176 Å². The third kappa shape index (κ3) is 4.13. The number of primary sulfonamides is 1. The van der Waals surface area contributed by atoms with Crippen LogP contribution in [0.25, 0.3) is 0 Å². The molecule has 0 aromatic heterocycles. The largest absolute Gasteiger partial charge is 0.496 e. The van der Waals surface area contributed by atoms with Gasteiger partial charge in [0.15, 0.2) is 0 Å². The molecule has 1 saturated carbocycles. The van der Waals surface area contributed by atoms with E-state index in [1.807, 2.05) is 13.8 Å². The van der Waals surface area contributed by atoms with Gasteiger partial charge in [0.2, 0.25) is 10.0 Å². The molecule has 2 atom stereocenters. The van der Waals surface area contributed by atoms with E-state index in [0.29, 0.717) is 22.1 Å². The normalized spacial score (nSPS) is 20.2. The molecule has 2 aromatic rings. The van der Waals surface area contributed by atoms with Crippen LogP contribution in [0, 0.1) is 11.3 Å². The van der Waals surface area contributed by atoms with Gasteiger partial charge in [-0.1, -0.05) is 37.6 Å². The van der Waals surface area contributed by atoms with Gasteiger partial charge >= 0.3 is 0 Å². The third-order valence-corrected chi connectivity index (χ3v) is 6.89. The number of benzene rings is 2. The van der Waals surface area contributed by atoms with Crippen LogP contribution in [0.3, 0.4) is 0 Å². The number of carbonyl (C=O) groups is 1. The first-order valence-corrected chi connectivity index (χ1v) is 11.0. The van der Waals surface area contributed by atoms with Crippen molar-refractivity contribution in [1.82, 2.24) is 0 Å². The highest BCUT2D eigenvalue weighted by Crippen LogP contribution is 2.65. The number of hydrogen-bond donors (Lipinski definition) is 1. The highest BCUT2D eigenvalue weighted by atomic mass is 35.5. The zero-order chi connectivity index (χ0) is 21.6. The number of Topliss-reactive ketones (excluding diaryl/α,β-unsaturated/α-hetero) is 1. The number of ether oxygens (including phenoxy) is 2. The second-order valence-electron chi connectivity index (χ2n) is 7.83. The first-order chi connectivity index (χ1) is 13.5. The van der Waals surface area contributed by atoms with Crippen molar-refractivity contribution in [1.29, 1.82) is 0 Å². The molecule has 0 radical (unpaired) electrons. The lowest BCUT2D eigenvalue weighted by Gasteiger charge is -2.12. The summed E-state index contributed by atoms with van der Waals surface area (Å²) in [4.78, 5) is 13.1. The molecule has 0 bridgehead atoms. The highest BCUT2D eigenvalue weighted by molar-refractivity contribution is 7.89. The summed E-state index contributed by atoms with van der Waals surface area (Å²) in [5, 5.41) is 5.58. The zero-order valence-electron chi connectivity index (χ0n) is 16.7. The smallest absolute Gasteiger partial charge is 0.238 e. The van der Waals surface area contributed by atoms with Crippen molar-refractivity contribution in [3.05, 3.63) is 52.5 Å². The van der Waals surface area contributed by atoms with Crippen molar-refractivity contribution in [3.8, 4) is 11.5 Å². The van der Waals surface area contributed by atoms with Crippen molar-refractivity contribution in [2.24, 2.45) is 16.5 Å². The summed E-state index contributed by atoms with van der Waals surface area (Å²) in [5.74, 6) is 0.930. The molecule has 29 heavy (non-hydrogen) atoms. The Kier molecular flexibility index (Phi) is 5.69. The number of rotatable bonds is 7. The van der Waals surface area contributed by atoms with E-state index in [-0.39, 0.29) is 34.4 Å². The van der Waals surface area contributed by atoms with E-state index < -0.39 is 10.0 Å². The van der Waals surface area contributed by atoms with Crippen LogP contribution < -0.4 is 14.6 Å². The van der Waals surface area contributed by atoms with Crippen molar-refractivity contribution in [3.63, 3.8) is 0 Å². The van der Waals surface area contributed by atoms with Crippen molar-refractivity contribution in [2.75, 3.05) is 14.2 Å². The Morgan fingerprint density at radius 2 is 1.69 bits per heavy atom. The maximum Gasteiger partial charge on any atom is 0.238 e. The predicted octanol–water partition coefficient (Wildman–Crippen LogP) is 3.56. The van der Waals surface area contributed by atoms with Crippen molar-refractivity contribution in [2.45, 2.75) is 31.1 Å². The number of methoxy groups -OCH3 is 2. The Morgan fingerprint density at radius 3 is 2.21 bits per heavy atom. The molecule has 0 aliphatic heterocycles. The van der Waals surface area contributed by atoms with Crippen LogP contribution in [-0.4, -0.2) is 28.4 Å². The average Bonchev–Trinajstić information content (AvgIpc) is 3.23. The standard InChI is InChI=1S/C21H24ClNO5S/c1-21(2)19(12-5-7-14(8-6-12)29(23,25)26)20(21)16(24)10-13-9-15(22)18(28-4)11-17(13)27-3/h5-9,11,19-20H,10H2,1-4H3,(H2,23,25,26)/t19-,20-/m1/s1. The molecule has 0 spiro atoms. The number of nitrogens with two attached hydrogens (primary N) is 1. The Balaban J connectivity index is 1.83. The fourth-order valence-electron chi connectivity index (χ4n) is 4.08. The van der Waals surface area contributed by atoms with Gasteiger partial charge in [-0.05, 0) is 35.1 Å². The second-order valence-corrected chi connectivity index (χ2v) is 9.80. The first-order valence-electron chi connectivity index (χ1n) is 9.06. The summed E-state index contributed by atoms with van der Waals surface area (Å²) in [6.07, 6.45) is 0.187. The van der Waals surface area contributed by atoms with Crippen LogP contribution >= 0.6 is 11.6 Å². The molecule has 1 fully saturated rings. The number of hydrogen-bond acceptors (Lipinski definition) is 5. The Hall–Kier alpha value is -2.09. The van der Waals surface area contributed by atoms with Crippen LogP contribution in [0.15, 0.2) is 41.3 Å². The van der Waals surface area contributed by atoms with E-state index in [9.17, 15) is 13.2 Å². The lowest BCUT2D eigenvalue weighted by Crippen LogP contribution is -2.12. The zero-order valence-corrected chi connectivity index (χ0v) is 18.3. The van der Waals surface area contributed by atoms with Crippen LogP contribution in [0.4, 0.5) is 0 Å². The van der Waals surface area contributed by atoms with Gasteiger partial charge in [0.25, 0.3) is 0 Å².